The Morgan fingerprint density at radius 2 is 1.43 bits per heavy atom. The average Bonchev–Trinajstić information content (AvgIpc) is 3.21. The molecule has 2 saturated heterocycles. The van der Waals surface area contributed by atoms with Gasteiger partial charge in [-0.05, 0) is 42.9 Å². The predicted molar refractivity (Wildman–Crippen MR) is 99.0 cm³/mol. The molecule has 2 fully saturated rings. The fourth-order valence-corrected chi connectivity index (χ4v) is 4.55. The molecule has 4 rings (SSSR count). The van der Waals surface area contributed by atoms with Crippen molar-refractivity contribution in [1.82, 2.24) is 0 Å². The molecule has 114 valence electrons. The first-order valence-electron chi connectivity index (χ1n) is 8.72. The highest BCUT2D eigenvalue weighted by Gasteiger charge is 2.47. The summed E-state index contributed by atoms with van der Waals surface area (Å²) in [6, 6.07) is 18.9. The highest BCUT2D eigenvalue weighted by atomic mass is 15.0. The summed E-state index contributed by atoms with van der Waals surface area (Å²) in [5.74, 6) is 8.48. The summed E-state index contributed by atoms with van der Waals surface area (Å²) in [5.41, 5.74) is 3.51. The molecule has 0 saturated carbocycles. The number of hydrogen-bond donors (Lipinski definition) is 0. The zero-order chi connectivity index (χ0) is 15.6. The molecule has 2 aromatic carbocycles. The van der Waals surface area contributed by atoms with Crippen LogP contribution in [0.15, 0.2) is 54.6 Å². The van der Waals surface area contributed by atoms with Crippen LogP contribution in [-0.2, 0) is 0 Å². The normalized spacial score (nSPS) is 21.9. The van der Waals surface area contributed by atoms with Gasteiger partial charge in [0.05, 0.1) is 0 Å². The van der Waals surface area contributed by atoms with E-state index in [1.807, 2.05) is 18.2 Å². The van der Waals surface area contributed by atoms with Gasteiger partial charge < -0.3 is 4.81 Å². The molecule has 2 heteroatoms. The standard InChI is InChI=1S/C21H22BN/c1-23(22-19-13-14-20(22)16-15-19)21-10-6-5-9-18(21)12-11-17-7-3-2-4-8-17/h2-10,19-20H,13-16H2,1H3. The number of benzene rings is 2. The molecule has 0 N–H and O–H groups in total. The Bertz CT molecular complexity index is 723. The SMILES string of the molecule is CN(B1C2CCC1CC2)c1ccccc1C#Cc1ccccc1. The molecule has 2 bridgehead atoms. The maximum atomic E-state index is 3.39. The van der Waals surface area contributed by atoms with E-state index >= 15 is 0 Å². The number of anilines is 1. The minimum absolute atomic E-state index is 0.717. The highest BCUT2D eigenvalue weighted by molar-refractivity contribution is 6.67. The third-order valence-electron chi connectivity index (χ3n) is 5.63. The van der Waals surface area contributed by atoms with Gasteiger partial charge in [-0.2, -0.15) is 0 Å². The van der Waals surface area contributed by atoms with Gasteiger partial charge >= 0.3 is 0 Å². The lowest BCUT2D eigenvalue weighted by Crippen LogP contribution is -2.37. The quantitative estimate of drug-likeness (QED) is 0.566. The van der Waals surface area contributed by atoms with Gasteiger partial charge in [0.2, 0.25) is 0 Å². The monoisotopic (exact) mass is 299 g/mol. The molecule has 1 nitrogen and oxygen atoms in total. The summed E-state index contributed by atoms with van der Waals surface area (Å²) in [5, 5.41) is 0. The number of para-hydroxylation sites is 1. The van der Waals surface area contributed by atoms with E-state index in [0.29, 0.717) is 0 Å². The lowest BCUT2D eigenvalue weighted by molar-refractivity contribution is 0.565. The molecule has 0 unspecified atom stereocenters. The van der Waals surface area contributed by atoms with Crippen LogP contribution in [0.5, 0.6) is 0 Å². The highest BCUT2D eigenvalue weighted by Crippen LogP contribution is 2.53. The first-order valence-corrected chi connectivity index (χ1v) is 8.72. The maximum absolute atomic E-state index is 3.39. The molecule has 0 radical (unpaired) electrons. The summed E-state index contributed by atoms with van der Waals surface area (Å²) in [6.45, 7) is 0.717. The van der Waals surface area contributed by atoms with Gasteiger partial charge in [-0.3, -0.25) is 0 Å². The fraction of sp³-hybridized carbons (Fsp3) is 0.333. The summed E-state index contributed by atoms with van der Waals surface area (Å²) in [7, 11) is 2.27. The van der Waals surface area contributed by atoms with Crippen LogP contribution in [-0.4, -0.2) is 13.9 Å². The van der Waals surface area contributed by atoms with Crippen molar-refractivity contribution < 1.29 is 0 Å². The molecule has 2 aliphatic rings. The van der Waals surface area contributed by atoms with Crippen LogP contribution < -0.4 is 4.81 Å². The van der Waals surface area contributed by atoms with Gasteiger partial charge in [-0.15, -0.1) is 0 Å². The molecule has 0 spiro atoms. The second kappa shape index (κ2) is 6.16. The Labute approximate surface area is 139 Å². The van der Waals surface area contributed by atoms with Crippen LogP contribution in [0.2, 0.25) is 11.6 Å². The van der Waals surface area contributed by atoms with Crippen LogP contribution in [0.1, 0.15) is 36.8 Å². The molecule has 2 aliphatic heterocycles. The third-order valence-corrected chi connectivity index (χ3v) is 5.63. The van der Waals surface area contributed by atoms with Crippen LogP contribution >= 0.6 is 0 Å². The van der Waals surface area contributed by atoms with E-state index in [-0.39, 0.29) is 0 Å². The summed E-state index contributed by atoms with van der Waals surface area (Å²) < 4.78 is 0. The summed E-state index contributed by atoms with van der Waals surface area (Å²) in [4.78, 5) is 2.52. The first kappa shape index (κ1) is 14.5. The van der Waals surface area contributed by atoms with Crippen molar-refractivity contribution in [2.45, 2.75) is 37.3 Å². The molecule has 0 aromatic heterocycles. The van der Waals surface area contributed by atoms with Gasteiger partial charge in [0.25, 0.3) is 6.85 Å². The van der Waals surface area contributed by atoms with E-state index in [2.05, 4.69) is 60.1 Å². The van der Waals surface area contributed by atoms with Crippen LogP contribution in [0.3, 0.4) is 0 Å². The minimum atomic E-state index is 0.717. The Hall–Kier alpha value is -2.14. The van der Waals surface area contributed by atoms with E-state index in [0.717, 1.165) is 29.6 Å². The number of rotatable bonds is 2. The van der Waals surface area contributed by atoms with Crippen LogP contribution in [0.4, 0.5) is 5.69 Å². The van der Waals surface area contributed by atoms with Crippen molar-refractivity contribution in [2.75, 3.05) is 11.9 Å². The zero-order valence-electron chi connectivity index (χ0n) is 13.7. The van der Waals surface area contributed by atoms with E-state index in [1.165, 1.54) is 31.4 Å². The van der Waals surface area contributed by atoms with Crippen molar-refractivity contribution in [1.29, 1.82) is 0 Å². The predicted octanol–water partition coefficient (Wildman–Crippen LogP) is 4.84. The van der Waals surface area contributed by atoms with Crippen molar-refractivity contribution in [2.24, 2.45) is 0 Å². The average molecular weight is 299 g/mol. The molecular weight excluding hydrogens is 277 g/mol. The molecule has 23 heavy (non-hydrogen) atoms. The number of fused-ring (bicyclic) bond motifs is 2. The Balaban J connectivity index is 1.64. The molecule has 0 atom stereocenters. The summed E-state index contributed by atoms with van der Waals surface area (Å²) in [6.07, 6.45) is 5.66. The van der Waals surface area contributed by atoms with Gasteiger partial charge in [0.15, 0.2) is 0 Å². The second-order valence-electron chi connectivity index (χ2n) is 6.91. The van der Waals surface area contributed by atoms with E-state index in [1.54, 1.807) is 0 Å². The van der Waals surface area contributed by atoms with Crippen molar-refractivity contribution in [3.63, 3.8) is 0 Å². The largest absolute Gasteiger partial charge is 0.416 e. The molecule has 2 heterocycles. The van der Waals surface area contributed by atoms with Gasteiger partial charge in [-0.25, -0.2) is 0 Å². The number of nitrogens with zero attached hydrogens (tertiary/aromatic N) is 1. The lowest BCUT2D eigenvalue weighted by Gasteiger charge is -2.28. The van der Waals surface area contributed by atoms with Gasteiger partial charge in [-0.1, -0.05) is 67.9 Å². The fourth-order valence-electron chi connectivity index (χ4n) is 4.55. The Morgan fingerprint density at radius 3 is 2.13 bits per heavy atom. The topological polar surface area (TPSA) is 3.24 Å². The van der Waals surface area contributed by atoms with Crippen molar-refractivity contribution in [3.05, 3.63) is 65.7 Å². The van der Waals surface area contributed by atoms with Crippen molar-refractivity contribution in [3.8, 4) is 11.8 Å². The van der Waals surface area contributed by atoms with E-state index < -0.39 is 0 Å². The van der Waals surface area contributed by atoms with Crippen molar-refractivity contribution >= 4 is 12.5 Å². The Kier molecular flexibility index (Phi) is 3.87. The molecule has 0 aliphatic carbocycles. The number of hydrogen-bond acceptors (Lipinski definition) is 1. The minimum Gasteiger partial charge on any atom is -0.416 e. The van der Waals surface area contributed by atoms with Gasteiger partial charge in [0, 0.05) is 16.8 Å². The van der Waals surface area contributed by atoms with Crippen LogP contribution in [0, 0.1) is 11.8 Å². The van der Waals surface area contributed by atoms with Gasteiger partial charge in [0.1, 0.15) is 0 Å². The maximum Gasteiger partial charge on any atom is 0.260 e. The summed E-state index contributed by atoms with van der Waals surface area (Å²) >= 11 is 0. The lowest BCUT2D eigenvalue weighted by atomic mass is 9.50. The van der Waals surface area contributed by atoms with Crippen LogP contribution in [0.25, 0.3) is 0 Å². The van der Waals surface area contributed by atoms with E-state index in [9.17, 15) is 0 Å². The molecular formula is C21H22BN. The third kappa shape index (κ3) is 2.77. The van der Waals surface area contributed by atoms with E-state index in [4.69, 9.17) is 0 Å². The first-order chi connectivity index (χ1) is 11.3. The zero-order valence-corrected chi connectivity index (χ0v) is 13.7. The second-order valence-corrected chi connectivity index (χ2v) is 6.91. The molecule has 2 aromatic rings. The molecule has 0 amide bonds. The Morgan fingerprint density at radius 1 is 0.826 bits per heavy atom. The smallest absolute Gasteiger partial charge is 0.260 e.